The largest absolute Gasteiger partial charge is 0.489 e. The molecule has 1 aliphatic heterocycles. The molecule has 0 saturated carbocycles. The monoisotopic (exact) mass is 456 g/mol. The highest BCUT2D eigenvalue weighted by atomic mass is 35.5. The minimum Gasteiger partial charge on any atom is -0.489 e. The summed E-state index contributed by atoms with van der Waals surface area (Å²) in [4.78, 5) is 25.2. The summed E-state index contributed by atoms with van der Waals surface area (Å²) in [6.07, 6.45) is 2.15. The topological polar surface area (TPSA) is 76.7 Å². The van der Waals surface area contributed by atoms with Crippen LogP contribution in [0, 0.1) is 0 Å². The van der Waals surface area contributed by atoms with Gasteiger partial charge < -0.3 is 20.1 Å². The van der Waals surface area contributed by atoms with Gasteiger partial charge in [-0.1, -0.05) is 49.2 Å². The number of hydrogen-bond acceptors (Lipinski definition) is 4. The summed E-state index contributed by atoms with van der Waals surface area (Å²) in [6, 6.07) is 13.9. The van der Waals surface area contributed by atoms with Crippen LogP contribution in [0.5, 0.6) is 5.75 Å². The number of hydrogen-bond donors (Lipinski definition) is 2. The van der Waals surface area contributed by atoms with E-state index in [1.165, 1.54) is 0 Å². The highest BCUT2D eigenvalue weighted by molar-refractivity contribution is 6.30. The van der Waals surface area contributed by atoms with E-state index in [2.05, 4.69) is 17.6 Å². The van der Waals surface area contributed by atoms with Crippen LogP contribution in [0.1, 0.15) is 57.2 Å². The second-order valence-electron chi connectivity index (χ2n) is 7.97. The molecule has 0 aromatic heterocycles. The van der Waals surface area contributed by atoms with Crippen molar-refractivity contribution in [3.8, 4) is 5.75 Å². The van der Waals surface area contributed by atoms with E-state index in [1.807, 2.05) is 48.5 Å². The SMILES string of the molecule is CCCCC1=C(C(=O)OC(C)C)C(c2ccc(OCc3ccc(Cl)cc3)cc2)NC(=O)N1. The summed E-state index contributed by atoms with van der Waals surface area (Å²) < 4.78 is 11.3. The second kappa shape index (κ2) is 11.0. The molecule has 3 rings (SSSR count). The predicted molar refractivity (Wildman–Crippen MR) is 124 cm³/mol. The first-order chi connectivity index (χ1) is 15.4. The van der Waals surface area contributed by atoms with Crippen molar-refractivity contribution < 1.29 is 19.1 Å². The van der Waals surface area contributed by atoms with Crippen molar-refractivity contribution in [1.29, 1.82) is 0 Å². The molecule has 1 atom stereocenters. The van der Waals surface area contributed by atoms with Gasteiger partial charge in [-0.05, 0) is 62.1 Å². The molecule has 1 heterocycles. The number of halogens is 1. The summed E-state index contributed by atoms with van der Waals surface area (Å²) >= 11 is 5.92. The number of urea groups is 1. The molecule has 2 aromatic carbocycles. The molecule has 2 amide bonds. The Balaban J connectivity index is 1.81. The van der Waals surface area contributed by atoms with Gasteiger partial charge in [-0.3, -0.25) is 0 Å². The summed E-state index contributed by atoms with van der Waals surface area (Å²) in [5.74, 6) is 0.261. The molecule has 0 bridgehead atoms. The number of benzene rings is 2. The Kier molecular flexibility index (Phi) is 8.17. The van der Waals surface area contributed by atoms with E-state index in [1.54, 1.807) is 13.8 Å². The van der Waals surface area contributed by atoms with Gasteiger partial charge in [0, 0.05) is 10.7 Å². The van der Waals surface area contributed by atoms with Gasteiger partial charge in [-0.2, -0.15) is 0 Å². The second-order valence-corrected chi connectivity index (χ2v) is 8.40. The molecule has 0 spiro atoms. The Labute approximate surface area is 193 Å². The van der Waals surface area contributed by atoms with Crippen molar-refractivity contribution in [2.45, 2.75) is 58.8 Å². The maximum Gasteiger partial charge on any atom is 0.338 e. The van der Waals surface area contributed by atoms with E-state index < -0.39 is 12.0 Å². The molecule has 170 valence electrons. The Hall–Kier alpha value is -2.99. The average molecular weight is 457 g/mol. The van der Waals surface area contributed by atoms with Crippen LogP contribution in [0.2, 0.25) is 5.02 Å². The Morgan fingerprint density at radius 2 is 1.78 bits per heavy atom. The smallest absolute Gasteiger partial charge is 0.338 e. The van der Waals surface area contributed by atoms with Crippen LogP contribution in [0.25, 0.3) is 0 Å². The van der Waals surface area contributed by atoms with Gasteiger partial charge in [-0.25, -0.2) is 9.59 Å². The number of rotatable bonds is 9. The molecule has 0 saturated heterocycles. The van der Waals surface area contributed by atoms with Crippen molar-refractivity contribution in [3.63, 3.8) is 0 Å². The average Bonchev–Trinajstić information content (AvgIpc) is 2.76. The third-order valence-electron chi connectivity index (χ3n) is 5.03. The summed E-state index contributed by atoms with van der Waals surface area (Å²) in [6.45, 7) is 6.09. The lowest BCUT2D eigenvalue weighted by molar-refractivity contribution is -0.143. The quantitative estimate of drug-likeness (QED) is 0.476. The Bertz CT molecular complexity index is 968. The molecule has 7 heteroatoms. The summed E-state index contributed by atoms with van der Waals surface area (Å²) in [5.41, 5.74) is 2.85. The molecule has 2 N–H and O–H groups in total. The fourth-order valence-electron chi connectivity index (χ4n) is 3.44. The zero-order valence-electron chi connectivity index (χ0n) is 18.6. The van der Waals surface area contributed by atoms with Crippen molar-refractivity contribution in [2.75, 3.05) is 0 Å². The maximum absolute atomic E-state index is 12.9. The maximum atomic E-state index is 12.9. The molecule has 0 radical (unpaired) electrons. The predicted octanol–water partition coefficient (Wildman–Crippen LogP) is 5.67. The first-order valence-corrected chi connectivity index (χ1v) is 11.2. The van der Waals surface area contributed by atoms with Crippen LogP contribution in [0.15, 0.2) is 59.8 Å². The van der Waals surface area contributed by atoms with Crippen molar-refractivity contribution in [3.05, 3.63) is 76.0 Å². The van der Waals surface area contributed by atoms with E-state index in [-0.39, 0.29) is 12.1 Å². The Morgan fingerprint density at radius 1 is 1.09 bits per heavy atom. The fourth-order valence-corrected chi connectivity index (χ4v) is 3.57. The number of nitrogens with one attached hydrogen (secondary N) is 2. The molecular formula is C25H29ClN2O4. The van der Waals surface area contributed by atoms with E-state index in [9.17, 15) is 9.59 Å². The van der Waals surface area contributed by atoms with Gasteiger partial charge in [0.2, 0.25) is 0 Å². The van der Waals surface area contributed by atoms with Crippen LogP contribution >= 0.6 is 11.6 Å². The molecule has 0 fully saturated rings. The van der Waals surface area contributed by atoms with Gasteiger partial charge in [0.15, 0.2) is 0 Å². The third kappa shape index (κ3) is 6.26. The molecule has 1 unspecified atom stereocenters. The van der Waals surface area contributed by atoms with Crippen LogP contribution in [-0.2, 0) is 16.1 Å². The lowest BCUT2D eigenvalue weighted by Crippen LogP contribution is -2.46. The first-order valence-electron chi connectivity index (χ1n) is 10.9. The van der Waals surface area contributed by atoms with Crippen LogP contribution < -0.4 is 15.4 Å². The van der Waals surface area contributed by atoms with E-state index >= 15 is 0 Å². The van der Waals surface area contributed by atoms with Gasteiger partial charge in [0.1, 0.15) is 12.4 Å². The standard InChI is InChI=1S/C25H29ClN2O4/c1-4-5-6-21-22(24(29)32-16(2)3)23(28-25(30)27-21)18-9-13-20(14-10-18)31-15-17-7-11-19(26)12-8-17/h7-14,16,23H,4-6,15H2,1-3H3,(H2,27,28,30). The zero-order valence-corrected chi connectivity index (χ0v) is 19.4. The van der Waals surface area contributed by atoms with Crippen LogP contribution in [0.3, 0.4) is 0 Å². The molecule has 0 aliphatic carbocycles. The molecule has 6 nitrogen and oxygen atoms in total. The fraction of sp³-hybridized carbons (Fsp3) is 0.360. The van der Waals surface area contributed by atoms with Crippen molar-refractivity contribution in [1.82, 2.24) is 10.6 Å². The Morgan fingerprint density at radius 3 is 2.41 bits per heavy atom. The minimum absolute atomic E-state index is 0.260. The highest BCUT2D eigenvalue weighted by Gasteiger charge is 2.33. The van der Waals surface area contributed by atoms with Gasteiger partial charge >= 0.3 is 12.0 Å². The van der Waals surface area contributed by atoms with Gasteiger partial charge in [-0.15, -0.1) is 0 Å². The number of esters is 1. The number of carbonyl (C=O) groups excluding carboxylic acids is 2. The van der Waals surface area contributed by atoms with Gasteiger partial charge in [0.25, 0.3) is 0 Å². The summed E-state index contributed by atoms with van der Waals surface area (Å²) in [7, 11) is 0. The zero-order chi connectivity index (χ0) is 23.1. The number of unbranched alkanes of at least 4 members (excludes halogenated alkanes) is 1. The van der Waals surface area contributed by atoms with E-state index in [0.29, 0.717) is 35.1 Å². The minimum atomic E-state index is -0.591. The van der Waals surface area contributed by atoms with E-state index in [0.717, 1.165) is 24.0 Å². The molecule has 2 aromatic rings. The normalized spacial score (nSPS) is 15.9. The molecular weight excluding hydrogens is 428 g/mol. The lowest BCUT2D eigenvalue weighted by atomic mass is 9.93. The number of allylic oxidation sites excluding steroid dienone is 1. The third-order valence-corrected chi connectivity index (χ3v) is 5.28. The molecule has 32 heavy (non-hydrogen) atoms. The lowest BCUT2D eigenvalue weighted by Gasteiger charge is -2.30. The van der Waals surface area contributed by atoms with Crippen LogP contribution in [0.4, 0.5) is 4.79 Å². The number of ether oxygens (including phenoxy) is 2. The molecule has 1 aliphatic rings. The highest BCUT2D eigenvalue weighted by Crippen LogP contribution is 2.31. The van der Waals surface area contributed by atoms with Crippen LogP contribution in [-0.4, -0.2) is 18.1 Å². The first kappa shape index (κ1) is 23.7. The number of carbonyl (C=O) groups is 2. The summed E-state index contributed by atoms with van der Waals surface area (Å²) in [5, 5.41) is 6.35. The van der Waals surface area contributed by atoms with Gasteiger partial charge in [0.05, 0.1) is 17.7 Å². The number of amides is 2. The van der Waals surface area contributed by atoms with Crippen molar-refractivity contribution >= 4 is 23.6 Å². The van der Waals surface area contributed by atoms with Crippen molar-refractivity contribution in [2.24, 2.45) is 0 Å². The van der Waals surface area contributed by atoms with E-state index in [4.69, 9.17) is 21.1 Å².